The summed E-state index contributed by atoms with van der Waals surface area (Å²) >= 11 is 0. The van der Waals surface area contributed by atoms with E-state index < -0.39 is 0 Å². The van der Waals surface area contributed by atoms with Crippen LogP contribution in [0.1, 0.15) is 25.0 Å². The van der Waals surface area contributed by atoms with E-state index >= 15 is 0 Å². The second kappa shape index (κ2) is 4.41. The van der Waals surface area contributed by atoms with Crippen molar-refractivity contribution in [3.05, 3.63) is 42.2 Å². The molecule has 0 radical (unpaired) electrons. The van der Waals surface area contributed by atoms with Crippen LogP contribution < -0.4 is 5.73 Å². The average Bonchev–Trinajstić information content (AvgIpc) is 2.29. The normalized spacial score (nSPS) is 12.9. The van der Waals surface area contributed by atoms with Gasteiger partial charge in [-0.3, -0.25) is 4.98 Å². The fourth-order valence-corrected chi connectivity index (χ4v) is 1.77. The van der Waals surface area contributed by atoms with Crippen LogP contribution in [0.4, 0.5) is 0 Å². The number of pyridine rings is 1. The first-order valence-electron chi connectivity index (χ1n) is 5.36. The first-order valence-corrected chi connectivity index (χ1v) is 5.36. The van der Waals surface area contributed by atoms with Gasteiger partial charge >= 0.3 is 0 Å². The summed E-state index contributed by atoms with van der Waals surface area (Å²) in [6.07, 6.45) is 2.93. The second-order valence-electron chi connectivity index (χ2n) is 3.93. The molecule has 0 aliphatic heterocycles. The van der Waals surface area contributed by atoms with Crippen molar-refractivity contribution in [3.8, 4) is 0 Å². The van der Waals surface area contributed by atoms with E-state index in [4.69, 9.17) is 5.73 Å². The van der Waals surface area contributed by atoms with Crippen molar-refractivity contribution in [1.82, 2.24) is 4.98 Å². The maximum Gasteiger partial charge on any atom is 0.0438 e. The molecule has 1 aromatic carbocycles. The summed E-state index contributed by atoms with van der Waals surface area (Å²) in [4.78, 5) is 4.47. The van der Waals surface area contributed by atoms with Crippen LogP contribution in [0.3, 0.4) is 0 Å². The maximum absolute atomic E-state index is 5.55. The van der Waals surface area contributed by atoms with E-state index in [1.165, 1.54) is 10.8 Å². The second-order valence-corrected chi connectivity index (χ2v) is 3.93. The Morgan fingerprint density at radius 1 is 1.27 bits per heavy atom. The zero-order chi connectivity index (χ0) is 10.7. The minimum Gasteiger partial charge on any atom is -0.330 e. The smallest absolute Gasteiger partial charge is 0.0438 e. The third-order valence-corrected chi connectivity index (χ3v) is 2.76. The van der Waals surface area contributed by atoms with E-state index in [0.717, 1.165) is 18.7 Å². The van der Waals surface area contributed by atoms with Crippen molar-refractivity contribution in [2.45, 2.75) is 19.3 Å². The number of benzene rings is 1. The summed E-state index contributed by atoms with van der Waals surface area (Å²) < 4.78 is 0. The van der Waals surface area contributed by atoms with Crippen molar-refractivity contribution in [1.29, 1.82) is 0 Å². The molecule has 2 rings (SSSR count). The first-order chi connectivity index (χ1) is 7.31. The molecule has 0 bridgehead atoms. The quantitative estimate of drug-likeness (QED) is 0.827. The summed E-state index contributed by atoms with van der Waals surface area (Å²) in [5, 5.41) is 2.45. The molecule has 2 nitrogen and oxygen atoms in total. The van der Waals surface area contributed by atoms with Crippen molar-refractivity contribution in [3.63, 3.8) is 0 Å². The Bertz CT molecular complexity index is 451. The van der Waals surface area contributed by atoms with Crippen LogP contribution in [0, 0.1) is 0 Å². The molecule has 1 atom stereocenters. The first kappa shape index (κ1) is 10.1. The molecule has 1 aromatic heterocycles. The van der Waals surface area contributed by atoms with Gasteiger partial charge in [0.15, 0.2) is 0 Å². The number of nitrogens with zero attached hydrogens (tertiary/aromatic N) is 1. The summed E-state index contributed by atoms with van der Waals surface area (Å²) in [7, 11) is 0. The summed E-state index contributed by atoms with van der Waals surface area (Å²) in [5.41, 5.74) is 6.69. The highest BCUT2D eigenvalue weighted by Crippen LogP contribution is 2.20. The van der Waals surface area contributed by atoms with Crippen LogP contribution in [0.2, 0.25) is 0 Å². The van der Waals surface area contributed by atoms with Gasteiger partial charge in [-0.2, -0.15) is 0 Å². The highest BCUT2D eigenvalue weighted by Gasteiger charge is 2.06. The fourth-order valence-electron chi connectivity index (χ4n) is 1.77. The molecule has 0 aliphatic rings. The van der Waals surface area contributed by atoms with Gasteiger partial charge in [0, 0.05) is 17.3 Å². The van der Waals surface area contributed by atoms with Gasteiger partial charge in [0.1, 0.15) is 0 Å². The number of aromatic nitrogens is 1. The van der Waals surface area contributed by atoms with E-state index in [9.17, 15) is 0 Å². The lowest BCUT2D eigenvalue weighted by Gasteiger charge is -2.09. The third kappa shape index (κ3) is 2.16. The standard InChI is InChI=1S/C13H16N2/c1-10(6-7-14)13-8-11-4-2-3-5-12(11)9-15-13/h2-5,8-10H,6-7,14H2,1H3. The highest BCUT2D eigenvalue weighted by atomic mass is 14.7. The van der Waals surface area contributed by atoms with Crippen LogP contribution in [0.5, 0.6) is 0 Å². The molecule has 0 spiro atoms. The van der Waals surface area contributed by atoms with Gasteiger partial charge in [0.2, 0.25) is 0 Å². The van der Waals surface area contributed by atoms with Crippen LogP contribution in [0.25, 0.3) is 10.8 Å². The lowest BCUT2D eigenvalue weighted by molar-refractivity contribution is 0.672. The Labute approximate surface area is 90.1 Å². The molecule has 2 heteroatoms. The van der Waals surface area contributed by atoms with Gasteiger partial charge in [-0.15, -0.1) is 0 Å². The van der Waals surface area contributed by atoms with Crippen molar-refractivity contribution in [2.75, 3.05) is 6.54 Å². The molecule has 1 heterocycles. The molecular weight excluding hydrogens is 184 g/mol. The van der Waals surface area contributed by atoms with Gasteiger partial charge in [-0.1, -0.05) is 31.2 Å². The van der Waals surface area contributed by atoms with Crippen LogP contribution in [0.15, 0.2) is 36.5 Å². The molecule has 15 heavy (non-hydrogen) atoms. The number of hydrogen-bond acceptors (Lipinski definition) is 2. The van der Waals surface area contributed by atoms with Crippen LogP contribution in [-0.2, 0) is 0 Å². The van der Waals surface area contributed by atoms with Gasteiger partial charge < -0.3 is 5.73 Å². The molecular formula is C13H16N2. The molecule has 0 amide bonds. The van der Waals surface area contributed by atoms with Crippen molar-refractivity contribution >= 4 is 10.8 Å². The maximum atomic E-state index is 5.55. The predicted octanol–water partition coefficient (Wildman–Crippen LogP) is 2.69. The summed E-state index contributed by atoms with van der Waals surface area (Å²) in [5.74, 6) is 0.444. The summed E-state index contributed by atoms with van der Waals surface area (Å²) in [6.45, 7) is 2.89. The SMILES string of the molecule is CC(CCN)c1cc2ccccc2cn1. The Morgan fingerprint density at radius 3 is 2.73 bits per heavy atom. The molecule has 1 unspecified atom stereocenters. The van der Waals surface area contributed by atoms with E-state index in [1.807, 2.05) is 12.3 Å². The third-order valence-electron chi connectivity index (χ3n) is 2.76. The Hall–Kier alpha value is -1.41. The number of nitrogens with two attached hydrogens (primary N) is 1. The molecule has 78 valence electrons. The monoisotopic (exact) mass is 200 g/mol. The predicted molar refractivity (Wildman–Crippen MR) is 63.8 cm³/mol. The Morgan fingerprint density at radius 2 is 2.00 bits per heavy atom. The minimum atomic E-state index is 0.444. The molecule has 0 saturated carbocycles. The van der Waals surface area contributed by atoms with Crippen molar-refractivity contribution < 1.29 is 0 Å². The summed E-state index contributed by atoms with van der Waals surface area (Å²) in [6, 6.07) is 10.5. The van der Waals surface area contributed by atoms with Gasteiger partial charge in [-0.25, -0.2) is 0 Å². The zero-order valence-electron chi connectivity index (χ0n) is 8.98. The van der Waals surface area contributed by atoms with E-state index in [2.05, 4.69) is 36.2 Å². The highest BCUT2D eigenvalue weighted by molar-refractivity contribution is 5.81. The number of hydrogen-bond donors (Lipinski definition) is 1. The largest absolute Gasteiger partial charge is 0.330 e. The number of fused-ring (bicyclic) bond motifs is 1. The van der Waals surface area contributed by atoms with Gasteiger partial charge in [-0.05, 0) is 30.3 Å². The van der Waals surface area contributed by atoms with Gasteiger partial charge in [0.05, 0.1) is 0 Å². The Kier molecular flexibility index (Phi) is 2.97. The topological polar surface area (TPSA) is 38.9 Å². The fraction of sp³-hybridized carbons (Fsp3) is 0.308. The van der Waals surface area contributed by atoms with E-state index in [-0.39, 0.29) is 0 Å². The van der Waals surface area contributed by atoms with Crippen LogP contribution >= 0.6 is 0 Å². The minimum absolute atomic E-state index is 0.444. The lowest BCUT2D eigenvalue weighted by Crippen LogP contribution is -2.05. The average molecular weight is 200 g/mol. The number of rotatable bonds is 3. The molecule has 0 saturated heterocycles. The van der Waals surface area contributed by atoms with Gasteiger partial charge in [0.25, 0.3) is 0 Å². The zero-order valence-corrected chi connectivity index (χ0v) is 8.98. The molecule has 0 aliphatic carbocycles. The van der Waals surface area contributed by atoms with E-state index in [0.29, 0.717) is 5.92 Å². The van der Waals surface area contributed by atoms with Crippen molar-refractivity contribution in [2.24, 2.45) is 5.73 Å². The molecule has 2 N–H and O–H groups in total. The molecule has 0 fully saturated rings. The van der Waals surface area contributed by atoms with E-state index in [1.54, 1.807) is 0 Å². The lowest BCUT2D eigenvalue weighted by atomic mass is 10.0. The Balaban J connectivity index is 2.38. The van der Waals surface area contributed by atoms with Crippen LogP contribution in [-0.4, -0.2) is 11.5 Å². The molecule has 2 aromatic rings.